The Morgan fingerprint density at radius 2 is 1.64 bits per heavy atom. The van der Waals surface area contributed by atoms with Crippen LogP contribution in [0.4, 0.5) is 5.69 Å². The summed E-state index contributed by atoms with van der Waals surface area (Å²) in [5, 5.41) is 6.76. The summed E-state index contributed by atoms with van der Waals surface area (Å²) in [4.78, 5) is 16.8. The van der Waals surface area contributed by atoms with E-state index in [0.717, 1.165) is 22.2 Å². The fourth-order valence-corrected chi connectivity index (χ4v) is 4.20. The molecule has 0 spiro atoms. The second-order valence-corrected chi connectivity index (χ2v) is 8.98. The SMILES string of the molecule is O=C(/C=C/c1ccc(-c2cc(Cl)cc(Cl)c2)o1)NC(=S)Nc1ccc(-c2nc3ccccc3o2)cc1. The van der Waals surface area contributed by atoms with Crippen molar-refractivity contribution in [1.29, 1.82) is 0 Å². The number of nitrogens with one attached hydrogen (secondary N) is 2. The largest absolute Gasteiger partial charge is 0.457 e. The number of halogens is 2. The van der Waals surface area contributed by atoms with Crippen molar-refractivity contribution in [3.05, 3.63) is 101 Å². The van der Waals surface area contributed by atoms with Crippen LogP contribution in [0.3, 0.4) is 0 Å². The molecule has 0 saturated heterocycles. The fraction of sp³-hybridized carbons (Fsp3) is 0. The van der Waals surface area contributed by atoms with Crippen molar-refractivity contribution in [3.8, 4) is 22.8 Å². The third-order valence-electron chi connectivity index (χ3n) is 5.09. The number of hydrogen-bond donors (Lipinski definition) is 2. The van der Waals surface area contributed by atoms with Gasteiger partial charge in [0, 0.05) is 32.9 Å². The van der Waals surface area contributed by atoms with Crippen molar-refractivity contribution in [3.63, 3.8) is 0 Å². The molecule has 5 aromatic rings. The van der Waals surface area contributed by atoms with E-state index in [-0.39, 0.29) is 5.11 Å². The van der Waals surface area contributed by atoms with Gasteiger partial charge in [0.05, 0.1) is 0 Å². The Morgan fingerprint density at radius 3 is 2.39 bits per heavy atom. The van der Waals surface area contributed by atoms with Crippen molar-refractivity contribution in [2.24, 2.45) is 0 Å². The van der Waals surface area contributed by atoms with Gasteiger partial charge in [0.25, 0.3) is 0 Å². The van der Waals surface area contributed by atoms with E-state index in [9.17, 15) is 4.79 Å². The Morgan fingerprint density at radius 1 is 0.889 bits per heavy atom. The van der Waals surface area contributed by atoms with Gasteiger partial charge >= 0.3 is 0 Å². The number of aromatic nitrogens is 1. The number of hydrogen-bond acceptors (Lipinski definition) is 5. The van der Waals surface area contributed by atoms with Crippen LogP contribution >= 0.6 is 35.4 Å². The lowest BCUT2D eigenvalue weighted by atomic mass is 10.2. The topological polar surface area (TPSA) is 80.3 Å². The Hall–Kier alpha value is -3.91. The van der Waals surface area contributed by atoms with E-state index in [1.54, 1.807) is 36.4 Å². The number of nitrogens with zero attached hydrogens (tertiary/aromatic N) is 1. The lowest BCUT2D eigenvalue weighted by Gasteiger charge is -2.08. The Kier molecular flexibility index (Phi) is 6.86. The smallest absolute Gasteiger partial charge is 0.250 e. The van der Waals surface area contributed by atoms with Gasteiger partial charge in [0.15, 0.2) is 10.7 Å². The number of anilines is 1. The molecule has 0 atom stereocenters. The van der Waals surface area contributed by atoms with Crippen molar-refractivity contribution in [2.75, 3.05) is 5.32 Å². The molecule has 0 aliphatic carbocycles. The highest BCUT2D eigenvalue weighted by Gasteiger charge is 2.09. The zero-order valence-corrected chi connectivity index (χ0v) is 20.8. The van der Waals surface area contributed by atoms with Crippen molar-refractivity contribution in [1.82, 2.24) is 10.3 Å². The minimum absolute atomic E-state index is 0.160. The van der Waals surface area contributed by atoms with Crippen LogP contribution in [0.15, 0.2) is 93.8 Å². The summed E-state index contributed by atoms with van der Waals surface area (Å²) in [6.07, 6.45) is 2.88. The summed E-state index contributed by atoms with van der Waals surface area (Å²) in [7, 11) is 0. The van der Waals surface area contributed by atoms with Gasteiger partial charge in [0.2, 0.25) is 11.8 Å². The number of oxazole rings is 1. The molecule has 0 radical (unpaired) electrons. The highest BCUT2D eigenvalue weighted by atomic mass is 35.5. The van der Waals surface area contributed by atoms with Crippen molar-refractivity contribution >= 4 is 69.3 Å². The number of furan rings is 1. The van der Waals surface area contributed by atoms with E-state index in [4.69, 9.17) is 44.3 Å². The average Bonchev–Trinajstić information content (AvgIpc) is 3.50. The van der Waals surface area contributed by atoms with Gasteiger partial charge in [-0.05, 0) is 85.0 Å². The Balaban J connectivity index is 1.17. The van der Waals surface area contributed by atoms with Gasteiger partial charge in [-0.25, -0.2) is 4.98 Å². The van der Waals surface area contributed by atoms with E-state index < -0.39 is 5.91 Å². The minimum Gasteiger partial charge on any atom is -0.457 e. The zero-order valence-electron chi connectivity index (χ0n) is 18.5. The van der Waals surface area contributed by atoms with Crippen molar-refractivity contribution in [2.45, 2.75) is 0 Å². The van der Waals surface area contributed by atoms with E-state index in [0.29, 0.717) is 33.1 Å². The molecule has 6 nitrogen and oxygen atoms in total. The number of thiocarbonyl (C=S) groups is 1. The molecule has 2 N–H and O–H groups in total. The number of carbonyl (C=O) groups excluding carboxylic acids is 1. The van der Waals surface area contributed by atoms with Crippen LogP contribution in [-0.4, -0.2) is 16.0 Å². The lowest BCUT2D eigenvalue weighted by Crippen LogP contribution is -2.32. The maximum atomic E-state index is 12.3. The molecule has 0 aliphatic rings. The molecular formula is C27H17Cl2N3O3S. The normalized spacial score (nSPS) is 11.2. The molecule has 36 heavy (non-hydrogen) atoms. The van der Waals surface area contributed by atoms with E-state index in [1.165, 1.54) is 6.08 Å². The second kappa shape index (κ2) is 10.4. The van der Waals surface area contributed by atoms with Crippen LogP contribution in [0.25, 0.3) is 40.0 Å². The molecule has 2 aromatic heterocycles. The molecule has 0 bridgehead atoms. The molecule has 9 heteroatoms. The molecule has 5 rings (SSSR count). The lowest BCUT2D eigenvalue weighted by molar-refractivity contribution is -0.115. The van der Waals surface area contributed by atoms with Gasteiger partial charge in [-0.15, -0.1) is 0 Å². The fourth-order valence-electron chi connectivity index (χ4n) is 3.46. The maximum absolute atomic E-state index is 12.3. The third-order valence-corrected chi connectivity index (χ3v) is 5.73. The summed E-state index contributed by atoms with van der Waals surface area (Å²) >= 11 is 17.3. The summed E-state index contributed by atoms with van der Waals surface area (Å²) in [5.41, 5.74) is 3.80. The third kappa shape index (κ3) is 5.66. The number of benzene rings is 3. The number of para-hydroxylation sites is 2. The van der Waals surface area contributed by atoms with Gasteiger partial charge in [-0.2, -0.15) is 0 Å². The van der Waals surface area contributed by atoms with E-state index in [1.807, 2.05) is 48.5 Å². The number of carbonyl (C=O) groups is 1. The van der Waals surface area contributed by atoms with E-state index >= 15 is 0 Å². The monoisotopic (exact) mass is 533 g/mol. The Labute approximate surface area is 221 Å². The van der Waals surface area contributed by atoms with Crippen LogP contribution in [0.5, 0.6) is 0 Å². The molecule has 178 valence electrons. The van der Waals surface area contributed by atoms with E-state index in [2.05, 4.69) is 15.6 Å². The van der Waals surface area contributed by atoms with Crippen LogP contribution < -0.4 is 10.6 Å². The van der Waals surface area contributed by atoms with Gasteiger partial charge in [0.1, 0.15) is 17.0 Å². The van der Waals surface area contributed by atoms with Gasteiger partial charge in [-0.3, -0.25) is 10.1 Å². The maximum Gasteiger partial charge on any atom is 0.250 e. The first-order valence-electron chi connectivity index (χ1n) is 10.8. The minimum atomic E-state index is -0.403. The van der Waals surface area contributed by atoms with Crippen LogP contribution in [0.1, 0.15) is 5.76 Å². The highest BCUT2D eigenvalue weighted by Crippen LogP contribution is 2.29. The number of amides is 1. The Bertz CT molecular complexity index is 1550. The van der Waals surface area contributed by atoms with Crippen molar-refractivity contribution < 1.29 is 13.6 Å². The van der Waals surface area contributed by atoms with Crippen LogP contribution in [-0.2, 0) is 4.79 Å². The summed E-state index contributed by atoms with van der Waals surface area (Å²) in [6, 6.07) is 23.6. The standard InChI is InChI=1S/C27H17Cl2N3O3S/c28-18-13-17(14-19(29)15-18)23-11-9-21(34-23)10-12-25(33)32-27(36)30-20-7-5-16(6-8-20)26-31-22-3-1-2-4-24(22)35-26/h1-15H,(H2,30,32,33,36)/b12-10+. The molecule has 0 aliphatic heterocycles. The first-order chi connectivity index (χ1) is 17.4. The highest BCUT2D eigenvalue weighted by molar-refractivity contribution is 7.80. The molecule has 0 fully saturated rings. The predicted octanol–water partition coefficient (Wildman–Crippen LogP) is 7.59. The molecular weight excluding hydrogens is 517 g/mol. The summed E-state index contributed by atoms with van der Waals surface area (Å²) in [5.74, 6) is 1.20. The quantitative estimate of drug-likeness (QED) is 0.179. The number of rotatable bonds is 5. The van der Waals surface area contributed by atoms with Crippen LogP contribution in [0.2, 0.25) is 10.0 Å². The zero-order chi connectivity index (χ0) is 25.1. The first kappa shape index (κ1) is 23.8. The first-order valence-corrected chi connectivity index (χ1v) is 11.9. The molecule has 0 saturated carbocycles. The second-order valence-electron chi connectivity index (χ2n) is 7.70. The molecule has 1 amide bonds. The summed E-state index contributed by atoms with van der Waals surface area (Å²) in [6.45, 7) is 0. The van der Waals surface area contributed by atoms with Gasteiger partial charge in [-0.1, -0.05) is 35.3 Å². The average molecular weight is 534 g/mol. The van der Waals surface area contributed by atoms with Gasteiger partial charge < -0.3 is 14.2 Å². The molecule has 3 aromatic carbocycles. The molecule has 0 unspecified atom stereocenters. The predicted molar refractivity (Wildman–Crippen MR) is 147 cm³/mol. The summed E-state index contributed by atoms with van der Waals surface area (Å²) < 4.78 is 11.5. The van der Waals surface area contributed by atoms with Crippen LogP contribution in [0, 0.1) is 0 Å². The molecule has 2 heterocycles. The number of fused-ring (bicyclic) bond motifs is 1.